The summed E-state index contributed by atoms with van der Waals surface area (Å²) in [6.07, 6.45) is 5.07. The van der Waals surface area contributed by atoms with Crippen LogP contribution < -0.4 is 20.3 Å². The first-order valence-electron chi connectivity index (χ1n) is 10.8. The molecule has 4 heterocycles. The number of hydrogen-bond donors (Lipinski definition) is 2. The van der Waals surface area contributed by atoms with Gasteiger partial charge in [0, 0.05) is 37.1 Å². The second-order valence-corrected chi connectivity index (χ2v) is 7.78. The molecule has 33 heavy (non-hydrogen) atoms. The number of benzene rings is 1. The molecular weight excluding hydrogens is 421 g/mol. The Morgan fingerprint density at radius 1 is 1.18 bits per heavy atom. The smallest absolute Gasteiger partial charge is 0.162 e. The van der Waals surface area contributed by atoms with Crippen LogP contribution in [0.25, 0.3) is 22.3 Å². The van der Waals surface area contributed by atoms with E-state index in [1.807, 2.05) is 42.5 Å². The van der Waals surface area contributed by atoms with Crippen molar-refractivity contribution in [1.82, 2.24) is 25.3 Å². The number of piperazine rings is 1. The molecule has 1 aromatic carbocycles. The van der Waals surface area contributed by atoms with Crippen LogP contribution in [0.15, 0.2) is 61.1 Å². The maximum absolute atomic E-state index is 13.4. The van der Waals surface area contributed by atoms with Crippen LogP contribution in [0, 0.1) is 0 Å². The van der Waals surface area contributed by atoms with Gasteiger partial charge in [-0.1, -0.05) is 18.2 Å². The molecule has 0 radical (unpaired) electrons. The quantitative estimate of drug-likeness (QED) is 0.466. The Hall–Kier alpha value is -3.85. The van der Waals surface area contributed by atoms with Crippen molar-refractivity contribution in [2.24, 2.45) is 0 Å². The maximum Gasteiger partial charge on any atom is 0.162 e. The summed E-state index contributed by atoms with van der Waals surface area (Å²) in [5.41, 5.74) is 2.42. The number of nitrogens with one attached hydrogen (secondary N) is 2. The largest absolute Gasteiger partial charge is 0.494 e. The van der Waals surface area contributed by atoms with Crippen molar-refractivity contribution >= 4 is 28.2 Å². The van der Waals surface area contributed by atoms with Crippen molar-refractivity contribution < 1.29 is 9.13 Å². The Bertz CT molecular complexity index is 1250. The first-order chi connectivity index (χ1) is 16.2. The van der Waals surface area contributed by atoms with E-state index in [9.17, 15) is 4.39 Å². The van der Waals surface area contributed by atoms with Gasteiger partial charge in [-0.15, -0.1) is 0 Å². The highest BCUT2D eigenvalue weighted by Crippen LogP contribution is 2.34. The lowest BCUT2D eigenvalue weighted by Gasteiger charge is -2.34. The average molecular weight is 446 g/mol. The number of rotatable bonds is 6. The number of pyridine rings is 2. The van der Waals surface area contributed by atoms with E-state index in [2.05, 4.69) is 25.5 Å². The topological polar surface area (TPSA) is 88.1 Å². The molecular formula is C24H24FN7O. The van der Waals surface area contributed by atoms with Gasteiger partial charge in [-0.2, -0.15) is 0 Å². The van der Waals surface area contributed by atoms with Crippen molar-refractivity contribution in [2.75, 3.05) is 43.6 Å². The summed E-state index contributed by atoms with van der Waals surface area (Å²) >= 11 is 0. The van der Waals surface area contributed by atoms with Gasteiger partial charge in [0.2, 0.25) is 0 Å². The molecule has 1 aliphatic rings. The number of aromatic nitrogens is 4. The second kappa shape index (κ2) is 9.33. The molecule has 1 saturated heterocycles. The van der Waals surface area contributed by atoms with Gasteiger partial charge >= 0.3 is 0 Å². The SMILES string of the molecule is COc1cncc2nc(-c3ccnc(Nc4ccccc4)c3)nc(N3CCNC(CF)C3)c12. The van der Waals surface area contributed by atoms with Gasteiger partial charge in [0.15, 0.2) is 5.82 Å². The second-order valence-electron chi connectivity index (χ2n) is 7.78. The molecule has 0 amide bonds. The zero-order valence-corrected chi connectivity index (χ0v) is 18.2. The third-order valence-corrected chi connectivity index (χ3v) is 5.58. The van der Waals surface area contributed by atoms with Gasteiger partial charge in [0.25, 0.3) is 0 Å². The number of alkyl halides is 1. The van der Waals surface area contributed by atoms with Gasteiger partial charge in [-0.3, -0.25) is 4.98 Å². The summed E-state index contributed by atoms with van der Waals surface area (Å²) in [7, 11) is 1.60. The van der Waals surface area contributed by atoms with Crippen LogP contribution in [-0.4, -0.2) is 59.4 Å². The van der Waals surface area contributed by atoms with Gasteiger partial charge in [0.05, 0.1) is 36.4 Å². The normalized spacial score (nSPS) is 16.1. The third kappa shape index (κ3) is 4.40. The minimum absolute atomic E-state index is 0.248. The van der Waals surface area contributed by atoms with Gasteiger partial charge in [0.1, 0.15) is 24.1 Å². The monoisotopic (exact) mass is 445 g/mol. The van der Waals surface area contributed by atoms with Crippen LogP contribution in [-0.2, 0) is 0 Å². The number of hydrogen-bond acceptors (Lipinski definition) is 8. The highest BCUT2D eigenvalue weighted by Gasteiger charge is 2.24. The van der Waals surface area contributed by atoms with Crippen LogP contribution >= 0.6 is 0 Å². The average Bonchev–Trinajstić information content (AvgIpc) is 2.88. The molecule has 3 aromatic heterocycles. The van der Waals surface area contributed by atoms with E-state index < -0.39 is 6.67 Å². The minimum atomic E-state index is -0.441. The maximum atomic E-state index is 13.4. The van der Waals surface area contributed by atoms with E-state index in [1.165, 1.54) is 0 Å². The number of fused-ring (bicyclic) bond motifs is 1. The molecule has 0 spiro atoms. The Morgan fingerprint density at radius 2 is 2.06 bits per heavy atom. The number of methoxy groups -OCH3 is 1. The van der Waals surface area contributed by atoms with Crippen molar-refractivity contribution in [3.63, 3.8) is 0 Å². The fraction of sp³-hybridized carbons (Fsp3) is 0.250. The van der Waals surface area contributed by atoms with Crippen LogP contribution in [0.3, 0.4) is 0 Å². The van der Waals surface area contributed by atoms with Crippen LogP contribution in [0.1, 0.15) is 0 Å². The summed E-state index contributed by atoms with van der Waals surface area (Å²) in [5, 5.41) is 7.27. The highest BCUT2D eigenvalue weighted by atomic mass is 19.1. The lowest BCUT2D eigenvalue weighted by atomic mass is 10.1. The molecule has 1 aliphatic heterocycles. The van der Waals surface area contributed by atoms with Gasteiger partial charge in [-0.05, 0) is 24.3 Å². The fourth-order valence-corrected chi connectivity index (χ4v) is 3.98. The van der Waals surface area contributed by atoms with E-state index in [0.29, 0.717) is 48.4 Å². The molecule has 0 bridgehead atoms. The summed E-state index contributed by atoms with van der Waals surface area (Å²) in [6, 6.07) is 13.4. The standard InChI is InChI=1S/C24H24FN7O/c1-33-20-14-26-13-19-22(20)24(32-10-9-27-18(12-25)15-32)31-23(30-19)16-7-8-28-21(11-16)29-17-5-3-2-4-6-17/h2-8,11,13-14,18,27H,9-10,12,15H2,1H3,(H,28,29). The Morgan fingerprint density at radius 3 is 2.88 bits per heavy atom. The number of halogens is 1. The van der Waals surface area contributed by atoms with E-state index in [0.717, 1.165) is 16.6 Å². The van der Waals surface area contributed by atoms with Crippen molar-refractivity contribution in [2.45, 2.75) is 6.04 Å². The van der Waals surface area contributed by atoms with Crippen LogP contribution in [0.4, 0.5) is 21.7 Å². The third-order valence-electron chi connectivity index (χ3n) is 5.58. The molecule has 1 fully saturated rings. The lowest BCUT2D eigenvalue weighted by Crippen LogP contribution is -2.52. The number of ether oxygens (including phenoxy) is 1. The predicted octanol–water partition coefficient (Wildman–Crippen LogP) is 3.59. The van der Waals surface area contributed by atoms with Gasteiger partial charge in [-0.25, -0.2) is 19.3 Å². The first-order valence-corrected chi connectivity index (χ1v) is 10.8. The molecule has 8 nitrogen and oxygen atoms in total. The molecule has 2 N–H and O–H groups in total. The Balaban J connectivity index is 1.59. The van der Waals surface area contributed by atoms with E-state index in [4.69, 9.17) is 14.7 Å². The predicted molar refractivity (Wildman–Crippen MR) is 127 cm³/mol. The summed E-state index contributed by atoms with van der Waals surface area (Å²) in [4.78, 5) is 20.5. The first kappa shape index (κ1) is 21.0. The van der Waals surface area contributed by atoms with E-state index in [-0.39, 0.29) is 6.04 Å². The van der Waals surface area contributed by atoms with Gasteiger partial charge < -0.3 is 20.3 Å². The zero-order chi connectivity index (χ0) is 22.6. The van der Waals surface area contributed by atoms with E-state index >= 15 is 0 Å². The fourth-order valence-electron chi connectivity index (χ4n) is 3.98. The molecule has 5 rings (SSSR count). The van der Waals surface area contributed by atoms with Crippen molar-refractivity contribution in [3.05, 3.63) is 61.1 Å². The lowest BCUT2D eigenvalue weighted by molar-refractivity contribution is 0.352. The number of nitrogens with zero attached hydrogens (tertiary/aromatic N) is 5. The van der Waals surface area contributed by atoms with Crippen LogP contribution in [0.5, 0.6) is 5.75 Å². The Labute approximate surface area is 190 Å². The van der Waals surface area contributed by atoms with Crippen molar-refractivity contribution in [3.8, 4) is 17.1 Å². The number of anilines is 3. The van der Waals surface area contributed by atoms with E-state index in [1.54, 1.807) is 25.7 Å². The summed E-state index contributed by atoms with van der Waals surface area (Å²) in [6.45, 7) is 1.43. The Kier molecular flexibility index (Phi) is 5.95. The number of para-hydroxylation sites is 1. The summed E-state index contributed by atoms with van der Waals surface area (Å²) < 4.78 is 19.0. The van der Waals surface area contributed by atoms with Crippen LogP contribution in [0.2, 0.25) is 0 Å². The molecule has 0 aliphatic carbocycles. The minimum Gasteiger partial charge on any atom is -0.494 e. The molecule has 0 saturated carbocycles. The molecule has 1 unspecified atom stereocenters. The molecule has 168 valence electrons. The molecule has 9 heteroatoms. The van der Waals surface area contributed by atoms with Crippen molar-refractivity contribution in [1.29, 1.82) is 0 Å². The summed E-state index contributed by atoms with van der Waals surface area (Å²) in [5.74, 6) is 2.53. The highest BCUT2D eigenvalue weighted by molar-refractivity contribution is 5.95. The molecule has 4 aromatic rings. The molecule has 1 atom stereocenters. The zero-order valence-electron chi connectivity index (χ0n) is 18.2.